The lowest BCUT2D eigenvalue weighted by Gasteiger charge is -2.39. The Hall–Kier alpha value is -1.30. The lowest BCUT2D eigenvalue weighted by Crippen LogP contribution is -2.51. The van der Waals surface area contributed by atoms with Crippen LogP contribution in [0.3, 0.4) is 0 Å². The predicted molar refractivity (Wildman–Crippen MR) is 66.1 cm³/mol. The molecule has 2 rings (SSSR count). The molecule has 0 aromatic carbocycles. The number of amidine groups is 1. The van der Waals surface area contributed by atoms with Gasteiger partial charge in [-0.15, -0.1) is 0 Å². The van der Waals surface area contributed by atoms with Crippen LogP contribution in [0.15, 0.2) is 5.16 Å². The van der Waals surface area contributed by atoms with Gasteiger partial charge in [0.2, 0.25) is 5.91 Å². The highest BCUT2D eigenvalue weighted by molar-refractivity contribution is 6.09. The smallest absolute Gasteiger partial charge is 0.236 e. The number of nitrogens with two attached hydrogens (primary N) is 1. The van der Waals surface area contributed by atoms with Gasteiger partial charge in [-0.1, -0.05) is 5.16 Å². The Morgan fingerprint density at radius 2 is 2.11 bits per heavy atom. The fourth-order valence-corrected chi connectivity index (χ4v) is 2.46. The van der Waals surface area contributed by atoms with Crippen molar-refractivity contribution in [2.24, 2.45) is 16.3 Å². The third-order valence-corrected chi connectivity index (χ3v) is 4.09. The molecule has 6 heteroatoms. The van der Waals surface area contributed by atoms with Gasteiger partial charge >= 0.3 is 0 Å². The van der Waals surface area contributed by atoms with Crippen molar-refractivity contribution in [1.82, 2.24) is 4.90 Å². The van der Waals surface area contributed by atoms with E-state index in [-0.39, 0.29) is 24.4 Å². The van der Waals surface area contributed by atoms with Crippen LogP contribution in [0.4, 0.5) is 0 Å². The Labute approximate surface area is 106 Å². The minimum Gasteiger partial charge on any atom is -0.409 e. The minimum atomic E-state index is -0.764. The second-order valence-corrected chi connectivity index (χ2v) is 5.23. The van der Waals surface area contributed by atoms with Gasteiger partial charge in [-0.25, -0.2) is 0 Å². The summed E-state index contributed by atoms with van der Waals surface area (Å²) >= 11 is 0. The number of oxime groups is 1. The molecular formula is C12H21N3O3. The van der Waals surface area contributed by atoms with E-state index in [4.69, 9.17) is 16.0 Å². The van der Waals surface area contributed by atoms with Crippen LogP contribution in [0.1, 0.15) is 38.5 Å². The molecule has 0 bridgehead atoms. The highest BCUT2D eigenvalue weighted by Crippen LogP contribution is 2.48. The van der Waals surface area contributed by atoms with Gasteiger partial charge in [0.25, 0.3) is 0 Å². The first-order chi connectivity index (χ1) is 8.65. The molecule has 0 atom stereocenters. The van der Waals surface area contributed by atoms with Gasteiger partial charge in [-0.2, -0.15) is 0 Å². The van der Waals surface area contributed by atoms with E-state index >= 15 is 0 Å². The van der Waals surface area contributed by atoms with Crippen molar-refractivity contribution in [3.63, 3.8) is 0 Å². The largest absolute Gasteiger partial charge is 0.409 e. The van der Waals surface area contributed by atoms with Crippen LogP contribution in [0.2, 0.25) is 0 Å². The first-order valence-corrected chi connectivity index (χ1v) is 6.55. The van der Waals surface area contributed by atoms with E-state index in [1.54, 1.807) is 0 Å². The molecule has 0 aromatic rings. The standard InChI is InChI=1S/C12H21N3O3/c13-10(14-18)12(5-6-12)11(17)15(7-2-8-16)9-3-1-4-9/h9,16,18H,1-8H2,(H2,13,14). The average Bonchev–Trinajstić information content (AvgIpc) is 3.11. The zero-order valence-electron chi connectivity index (χ0n) is 10.5. The number of rotatable bonds is 6. The van der Waals surface area contributed by atoms with Crippen molar-refractivity contribution in [1.29, 1.82) is 0 Å². The van der Waals surface area contributed by atoms with Crippen molar-refractivity contribution in [3.05, 3.63) is 0 Å². The van der Waals surface area contributed by atoms with Gasteiger partial charge in [0.1, 0.15) is 5.41 Å². The van der Waals surface area contributed by atoms with Crippen LogP contribution in [-0.2, 0) is 4.79 Å². The number of aliphatic hydroxyl groups excluding tert-OH is 1. The van der Waals surface area contributed by atoms with Gasteiger partial charge in [-0.05, 0) is 38.5 Å². The molecule has 1 amide bonds. The SMILES string of the molecule is NC(=NO)C1(C(=O)N(CCCO)C2CCC2)CC1. The van der Waals surface area contributed by atoms with E-state index in [0.717, 1.165) is 19.3 Å². The first kappa shape index (κ1) is 13.1. The summed E-state index contributed by atoms with van der Waals surface area (Å²) in [6, 6.07) is 0.271. The number of amides is 1. The molecule has 2 aliphatic rings. The number of carbonyl (C=O) groups is 1. The molecule has 4 N–H and O–H groups in total. The van der Waals surface area contributed by atoms with E-state index in [1.807, 2.05) is 4.90 Å². The predicted octanol–water partition coefficient (Wildman–Crippen LogP) is 0.276. The lowest BCUT2D eigenvalue weighted by atomic mass is 9.89. The molecule has 102 valence electrons. The van der Waals surface area contributed by atoms with Crippen molar-refractivity contribution in [3.8, 4) is 0 Å². The highest BCUT2D eigenvalue weighted by atomic mass is 16.4. The van der Waals surface area contributed by atoms with E-state index in [9.17, 15) is 4.79 Å². The minimum absolute atomic E-state index is 0.0285. The average molecular weight is 255 g/mol. The quantitative estimate of drug-likeness (QED) is 0.275. The number of aliphatic hydroxyl groups is 1. The fraction of sp³-hybridized carbons (Fsp3) is 0.833. The second-order valence-electron chi connectivity index (χ2n) is 5.23. The molecule has 0 spiro atoms. The maximum atomic E-state index is 12.5. The van der Waals surface area contributed by atoms with Crippen LogP contribution < -0.4 is 5.73 Å². The zero-order chi connectivity index (χ0) is 13.2. The second kappa shape index (κ2) is 5.14. The van der Waals surface area contributed by atoms with Gasteiger partial charge in [0.05, 0.1) is 0 Å². The molecular weight excluding hydrogens is 234 g/mol. The van der Waals surface area contributed by atoms with Crippen molar-refractivity contribution >= 4 is 11.7 Å². The van der Waals surface area contributed by atoms with Gasteiger partial charge in [0.15, 0.2) is 5.84 Å². The Bertz CT molecular complexity index is 348. The third-order valence-electron chi connectivity index (χ3n) is 4.09. The van der Waals surface area contributed by atoms with E-state index in [0.29, 0.717) is 25.8 Å². The summed E-state index contributed by atoms with van der Waals surface area (Å²) < 4.78 is 0. The van der Waals surface area contributed by atoms with Crippen LogP contribution in [0.5, 0.6) is 0 Å². The van der Waals surface area contributed by atoms with Crippen LogP contribution in [-0.4, -0.2) is 46.1 Å². The topological polar surface area (TPSA) is 99.2 Å². The number of carbonyl (C=O) groups excluding carboxylic acids is 1. The molecule has 2 aliphatic carbocycles. The van der Waals surface area contributed by atoms with Crippen LogP contribution >= 0.6 is 0 Å². The Kier molecular flexibility index (Phi) is 3.75. The van der Waals surface area contributed by atoms with Crippen LogP contribution in [0, 0.1) is 5.41 Å². The van der Waals surface area contributed by atoms with E-state index < -0.39 is 5.41 Å². The lowest BCUT2D eigenvalue weighted by molar-refractivity contribution is -0.139. The first-order valence-electron chi connectivity index (χ1n) is 6.55. The number of nitrogens with zero attached hydrogens (tertiary/aromatic N) is 2. The monoisotopic (exact) mass is 255 g/mol. The highest BCUT2D eigenvalue weighted by Gasteiger charge is 2.56. The van der Waals surface area contributed by atoms with Crippen LogP contribution in [0.25, 0.3) is 0 Å². The maximum Gasteiger partial charge on any atom is 0.236 e. The van der Waals surface area contributed by atoms with Crippen molar-refractivity contribution < 1.29 is 15.1 Å². The summed E-state index contributed by atoms with van der Waals surface area (Å²) in [6.45, 7) is 0.632. The summed E-state index contributed by atoms with van der Waals surface area (Å²) in [5, 5.41) is 20.7. The van der Waals surface area contributed by atoms with Gasteiger partial charge in [-0.3, -0.25) is 4.79 Å². The van der Waals surface area contributed by atoms with Gasteiger partial charge in [0, 0.05) is 19.2 Å². The molecule has 0 saturated heterocycles. The Balaban J connectivity index is 2.07. The Morgan fingerprint density at radius 1 is 1.44 bits per heavy atom. The van der Waals surface area contributed by atoms with Crippen molar-refractivity contribution in [2.45, 2.75) is 44.6 Å². The summed E-state index contributed by atoms with van der Waals surface area (Å²) in [5.41, 5.74) is 4.88. The number of hydrogen-bond acceptors (Lipinski definition) is 4. The number of hydrogen-bond donors (Lipinski definition) is 3. The zero-order valence-corrected chi connectivity index (χ0v) is 10.5. The summed E-state index contributed by atoms with van der Waals surface area (Å²) in [4.78, 5) is 14.4. The molecule has 2 fully saturated rings. The molecule has 2 saturated carbocycles. The molecule has 6 nitrogen and oxygen atoms in total. The third kappa shape index (κ3) is 2.16. The molecule has 0 aliphatic heterocycles. The van der Waals surface area contributed by atoms with Crippen molar-refractivity contribution in [2.75, 3.05) is 13.2 Å². The molecule has 0 aromatic heterocycles. The van der Waals surface area contributed by atoms with Gasteiger partial charge < -0.3 is 20.9 Å². The normalized spacial score (nSPS) is 22.4. The summed E-state index contributed by atoms with van der Waals surface area (Å²) in [6.07, 6.45) is 5.07. The summed E-state index contributed by atoms with van der Waals surface area (Å²) in [7, 11) is 0. The molecule has 0 heterocycles. The molecule has 18 heavy (non-hydrogen) atoms. The fourth-order valence-electron chi connectivity index (χ4n) is 2.46. The molecule has 0 unspecified atom stereocenters. The molecule has 0 radical (unpaired) electrons. The van der Waals surface area contributed by atoms with E-state index in [1.165, 1.54) is 0 Å². The maximum absolute atomic E-state index is 12.5. The van der Waals surface area contributed by atoms with E-state index in [2.05, 4.69) is 5.16 Å². The summed E-state index contributed by atoms with van der Waals surface area (Å²) in [5.74, 6) is -0.00299. The Morgan fingerprint density at radius 3 is 2.50 bits per heavy atom.